The van der Waals surface area contributed by atoms with Crippen LogP contribution in [-0.2, 0) is 11.2 Å². The van der Waals surface area contributed by atoms with Gasteiger partial charge in [0, 0.05) is 12.0 Å². The molecule has 2 heterocycles. The molecule has 0 fully saturated rings. The number of aromatic nitrogens is 2. The summed E-state index contributed by atoms with van der Waals surface area (Å²) in [4.78, 5) is 12.5. The van der Waals surface area contributed by atoms with E-state index in [-0.39, 0.29) is 12.5 Å². The van der Waals surface area contributed by atoms with E-state index in [0.29, 0.717) is 34.7 Å². The molecule has 1 aliphatic heterocycles. The SMILES string of the molecule is CCOc1cccc2c1OCC(C(=O)Nc1nnc(CC(C)C)s1)=C2. The Labute approximate surface area is 150 Å². The van der Waals surface area contributed by atoms with E-state index in [9.17, 15) is 4.79 Å². The lowest BCUT2D eigenvalue weighted by molar-refractivity contribution is -0.113. The zero-order valence-electron chi connectivity index (χ0n) is 14.5. The summed E-state index contributed by atoms with van der Waals surface area (Å²) in [6.45, 7) is 6.93. The number of hydrogen-bond donors (Lipinski definition) is 1. The average molecular weight is 359 g/mol. The number of carbonyl (C=O) groups is 1. The maximum absolute atomic E-state index is 12.5. The summed E-state index contributed by atoms with van der Waals surface area (Å²) in [7, 11) is 0. The maximum atomic E-state index is 12.5. The molecule has 0 saturated carbocycles. The van der Waals surface area contributed by atoms with Crippen LogP contribution in [0, 0.1) is 5.92 Å². The molecule has 2 aromatic rings. The van der Waals surface area contributed by atoms with Crippen molar-refractivity contribution in [3.63, 3.8) is 0 Å². The molecule has 0 spiro atoms. The molecule has 0 atom stereocenters. The zero-order chi connectivity index (χ0) is 17.8. The summed E-state index contributed by atoms with van der Waals surface area (Å²) in [5, 5.41) is 12.4. The molecule has 25 heavy (non-hydrogen) atoms. The molecule has 3 rings (SSSR count). The van der Waals surface area contributed by atoms with Crippen molar-refractivity contribution in [2.75, 3.05) is 18.5 Å². The van der Waals surface area contributed by atoms with Crippen molar-refractivity contribution in [3.05, 3.63) is 34.3 Å². The van der Waals surface area contributed by atoms with Crippen molar-refractivity contribution in [2.45, 2.75) is 27.2 Å². The number of nitrogens with zero attached hydrogens (tertiary/aromatic N) is 2. The van der Waals surface area contributed by atoms with E-state index >= 15 is 0 Å². The molecule has 1 aliphatic rings. The molecule has 0 radical (unpaired) electrons. The minimum atomic E-state index is -0.222. The predicted molar refractivity (Wildman–Crippen MR) is 98.2 cm³/mol. The lowest BCUT2D eigenvalue weighted by Gasteiger charge is -2.19. The second-order valence-corrected chi connectivity index (χ2v) is 7.18. The molecule has 1 N–H and O–H groups in total. The van der Waals surface area contributed by atoms with Crippen LogP contribution in [0.2, 0.25) is 0 Å². The second-order valence-electron chi connectivity index (χ2n) is 6.12. The van der Waals surface area contributed by atoms with Gasteiger partial charge < -0.3 is 9.47 Å². The average Bonchev–Trinajstić information content (AvgIpc) is 3.01. The highest BCUT2D eigenvalue weighted by Crippen LogP contribution is 2.36. The zero-order valence-corrected chi connectivity index (χ0v) is 15.4. The highest BCUT2D eigenvalue weighted by molar-refractivity contribution is 7.15. The summed E-state index contributed by atoms with van der Waals surface area (Å²) in [5.74, 6) is 1.65. The molecule has 0 aliphatic carbocycles. The Bertz CT molecular complexity index is 799. The Balaban J connectivity index is 1.73. The predicted octanol–water partition coefficient (Wildman–Crippen LogP) is 3.55. The number of nitrogens with one attached hydrogen (secondary N) is 1. The first-order valence-corrected chi connectivity index (χ1v) is 9.11. The van der Waals surface area contributed by atoms with Gasteiger partial charge in [0.15, 0.2) is 11.5 Å². The Hall–Kier alpha value is -2.41. The number of carbonyl (C=O) groups excluding carboxylic acids is 1. The van der Waals surface area contributed by atoms with Crippen LogP contribution < -0.4 is 14.8 Å². The first-order valence-electron chi connectivity index (χ1n) is 8.29. The molecule has 132 valence electrons. The van der Waals surface area contributed by atoms with Gasteiger partial charge in [-0.25, -0.2) is 0 Å². The molecule has 1 aromatic heterocycles. The van der Waals surface area contributed by atoms with Crippen molar-refractivity contribution >= 4 is 28.5 Å². The standard InChI is InChI=1S/C18H21N3O3S/c1-4-23-14-7-5-6-12-9-13(10-24-16(12)14)17(22)19-18-21-20-15(25-18)8-11(2)3/h5-7,9,11H,4,8,10H2,1-3H3,(H,19,21,22). The Morgan fingerprint density at radius 1 is 1.40 bits per heavy atom. The summed E-state index contributed by atoms with van der Waals surface area (Å²) in [6.07, 6.45) is 2.68. The van der Waals surface area contributed by atoms with Crippen LogP contribution >= 0.6 is 11.3 Å². The van der Waals surface area contributed by atoms with Crippen molar-refractivity contribution < 1.29 is 14.3 Å². The Kier molecular flexibility index (Phi) is 5.33. The molecule has 6 nitrogen and oxygen atoms in total. The maximum Gasteiger partial charge on any atom is 0.256 e. The summed E-state index contributed by atoms with van der Waals surface area (Å²) in [6, 6.07) is 5.64. The summed E-state index contributed by atoms with van der Waals surface area (Å²) >= 11 is 1.41. The van der Waals surface area contributed by atoms with Gasteiger partial charge in [0.05, 0.1) is 12.2 Å². The number of rotatable bonds is 6. The number of ether oxygens (including phenoxy) is 2. The van der Waals surface area contributed by atoms with Crippen LogP contribution in [-0.4, -0.2) is 29.3 Å². The first-order chi connectivity index (χ1) is 12.1. The van der Waals surface area contributed by atoms with Crippen LogP contribution in [0.15, 0.2) is 23.8 Å². The largest absolute Gasteiger partial charge is 0.490 e. The van der Waals surface area contributed by atoms with Gasteiger partial charge in [-0.05, 0) is 25.0 Å². The van der Waals surface area contributed by atoms with Gasteiger partial charge in [-0.1, -0.05) is 37.3 Å². The van der Waals surface area contributed by atoms with Gasteiger partial charge in [0.1, 0.15) is 11.6 Å². The van der Waals surface area contributed by atoms with Crippen LogP contribution in [0.25, 0.3) is 6.08 Å². The summed E-state index contributed by atoms with van der Waals surface area (Å²) in [5.41, 5.74) is 1.38. The van der Waals surface area contributed by atoms with Crippen LogP contribution in [0.1, 0.15) is 31.3 Å². The molecule has 0 bridgehead atoms. The molecular weight excluding hydrogens is 338 g/mol. The summed E-state index contributed by atoms with van der Waals surface area (Å²) < 4.78 is 11.3. The smallest absolute Gasteiger partial charge is 0.256 e. The topological polar surface area (TPSA) is 73.3 Å². The second kappa shape index (κ2) is 7.65. The number of hydrogen-bond acceptors (Lipinski definition) is 6. The van der Waals surface area contributed by atoms with E-state index in [2.05, 4.69) is 29.4 Å². The van der Waals surface area contributed by atoms with Gasteiger partial charge in [0.25, 0.3) is 5.91 Å². The number of benzene rings is 1. The van der Waals surface area contributed by atoms with Gasteiger partial charge in [-0.15, -0.1) is 10.2 Å². The first kappa shape index (κ1) is 17.4. The normalized spacial score (nSPS) is 13.0. The monoisotopic (exact) mass is 359 g/mol. The van der Waals surface area contributed by atoms with Crippen LogP contribution in [0.3, 0.4) is 0 Å². The van der Waals surface area contributed by atoms with Crippen molar-refractivity contribution in [3.8, 4) is 11.5 Å². The third-order valence-corrected chi connectivity index (χ3v) is 4.43. The number of anilines is 1. The molecular formula is C18H21N3O3S. The fraction of sp³-hybridized carbons (Fsp3) is 0.389. The lowest BCUT2D eigenvalue weighted by atomic mass is 10.1. The van der Waals surface area contributed by atoms with Gasteiger partial charge in [-0.2, -0.15) is 0 Å². The van der Waals surface area contributed by atoms with E-state index in [4.69, 9.17) is 9.47 Å². The van der Waals surface area contributed by atoms with Gasteiger partial charge in [-0.3, -0.25) is 10.1 Å². The number of amides is 1. The quantitative estimate of drug-likeness (QED) is 0.854. The third kappa shape index (κ3) is 4.17. The van der Waals surface area contributed by atoms with Crippen molar-refractivity contribution in [1.82, 2.24) is 10.2 Å². The molecule has 0 unspecified atom stereocenters. The molecule has 1 aromatic carbocycles. The van der Waals surface area contributed by atoms with E-state index < -0.39 is 0 Å². The van der Waals surface area contributed by atoms with Gasteiger partial charge >= 0.3 is 0 Å². The highest BCUT2D eigenvalue weighted by atomic mass is 32.1. The van der Waals surface area contributed by atoms with E-state index in [0.717, 1.165) is 17.0 Å². The molecule has 1 amide bonds. The Morgan fingerprint density at radius 3 is 3.00 bits per heavy atom. The fourth-order valence-corrected chi connectivity index (χ4v) is 3.44. The van der Waals surface area contributed by atoms with Crippen LogP contribution in [0.4, 0.5) is 5.13 Å². The minimum Gasteiger partial charge on any atom is -0.490 e. The lowest BCUT2D eigenvalue weighted by Crippen LogP contribution is -2.21. The highest BCUT2D eigenvalue weighted by Gasteiger charge is 2.21. The van der Waals surface area contributed by atoms with Gasteiger partial charge in [0.2, 0.25) is 5.13 Å². The van der Waals surface area contributed by atoms with Crippen LogP contribution in [0.5, 0.6) is 11.5 Å². The Morgan fingerprint density at radius 2 is 2.24 bits per heavy atom. The molecule has 7 heteroatoms. The van der Waals surface area contributed by atoms with E-state index in [1.54, 1.807) is 0 Å². The number of para-hydroxylation sites is 1. The minimum absolute atomic E-state index is 0.195. The van der Waals surface area contributed by atoms with Crippen molar-refractivity contribution in [2.24, 2.45) is 5.92 Å². The van der Waals surface area contributed by atoms with E-state index in [1.165, 1.54) is 11.3 Å². The third-order valence-electron chi connectivity index (χ3n) is 3.57. The van der Waals surface area contributed by atoms with E-state index in [1.807, 2.05) is 31.2 Å². The number of fused-ring (bicyclic) bond motifs is 1. The van der Waals surface area contributed by atoms with Crippen molar-refractivity contribution in [1.29, 1.82) is 0 Å². The fourth-order valence-electron chi connectivity index (χ4n) is 2.49. The molecule has 0 saturated heterocycles.